The standard InChI is InChI=1S/C23H17N5O3/c1-30-21-15-16(23-24-12-14-31-23)7-8-18(21)27-13-10-20(29)22(26-27)19-9-11-25-28(19)17-5-3-2-4-6-17/h2-15H,1H3. The molecule has 152 valence electrons. The molecule has 5 rings (SSSR count). The van der Waals surface area contributed by atoms with E-state index in [9.17, 15) is 4.79 Å². The van der Waals surface area contributed by atoms with Gasteiger partial charge >= 0.3 is 0 Å². The maximum Gasteiger partial charge on any atom is 0.225 e. The number of oxazole rings is 1. The van der Waals surface area contributed by atoms with Crippen molar-refractivity contribution in [2.45, 2.75) is 0 Å². The number of para-hydroxylation sites is 1. The van der Waals surface area contributed by atoms with Crippen molar-refractivity contribution in [1.82, 2.24) is 24.5 Å². The summed E-state index contributed by atoms with van der Waals surface area (Å²) in [5, 5.41) is 8.96. The first-order chi connectivity index (χ1) is 15.2. The smallest absolute Gasteiger partial charge is 0.225 e. The number of ether oxygens (including phenoxy) is 1. The highest BCUT2D eigenvalue weighted by atomic mass is 16.5. The van der Waals surface area contributed by atoms with Crippen LogP contribution in [0.5, 0.6) is 5.75 Å². The minimum absolute atomic E-state index is 0.204. The van der Waals surface area contributed by atoms with Crippen molar-refractivity contribution in [2.24, 2.45) is 0 Å². The third-order valence-corrected chi connectivity index (χ3v) is 4.80. The molecule has 31 heavy (non-hydrogen) atoms. The minimum Gasteiger partial charge on any atom is -0.494 e. The molecule has 0 fully saturated rings. The predicted molar refractivity (Wildman–Crippen MR) is 114 cm³/mol. The number of methoxy groups -OCH3 is 1. The summed E-state index contributed by atoms with van der Waals surface area (Å²) in [5.74, 6) is 1.06. The lowest BCUT2D eigenvalue weighted by atomic mass is 10.2. The first-order valence-electron chi connectivity index (χ1n) is 9.53. The zero-order chi connectivity index (χ0) is 21.2. The van der Waals surface area contributed by atoms with E-state index in [4.69, 9.17) is 9.15 Å². The van der Waals surface area contributed by atoms with Crippen LogP contribution in [0.3, 0.4) is 0 Å². The van der Waals surface area contributed by atoms with Gasteiger partial charge in [0.2, 0.25) is 11.3 Å². The summed E-state index contributed by atoms with van der Waals surface area (Å²) in [5.41, 5.74) is 2.96. The summed E-state index contributed by atoms with van der Waals surface area (Å²) >= 11 is 0. The number of aromatic nitrogens is 5. The summed E-state index contributed by atoms with van der Waals surface area (Å²) in [6.07, 6.45) is 6.35. The molecule has 0 unspecified atom stereocenters. The quantitative estimate of drug-likeness (QED) is 0.438. The summed E-state index contributed by atoms with van der Waals surface area (Å²) in [7, 11) is 1.58. The Hall–Kier alpha value is -4.46. The molecule has 3 heterocycles. The molecule has 0 atom stereocenters. The molecule has 0 saturated carbocycles. The third-order valence-electron chi connectivity index (χ3n) is 4.80. The Morgan fingerprint density at radius 1 is 1.00 bits per heavy atom. The molecule has 2 aromatic carbocycles. The summed E-state index contributed by atoms with van der Waals surface area (Å²) < 4.78 is 14.2. The van der Waals surface area contributed by atoms with Crippen LogP contribution in [0.4, 0.5) is 0 Å². The summed E-state index contributed by atoms with van der Waals surface area (Å²) in [6, 6.07) is 18.4. The molecule has 3 aromatic heterocycles. The van der Waals surface area contributed by atoms with Crippen LogP contribution in [0.15, 0.2) is 94.7 Å². The van der Waals surface area contributed by atoms with Crippen molar-refractivity contribution in [3.05, 3.63) is 95.7 Å². The van der Waals surface area contributed by atoms with Crippen molar-refractivity contribution in [3.63, 3.8) is 0 Å². The van der Waals surface area contributed by atoms with E-state index in [0.29, 0.717) is 23.0 Å². The number of nitrogens with zero attached hydrogens (tertiary/aromatic N) is 5. The molecule has 5 aromatic rings. The maximum atomic E-state index is 12.7. The zero-order valence-electron chi connectivity index (χ0n) is 16.5. The van der Waals surface area contributed by atoms with E-state index in [1.54, 1.807) is 41.1 Å². The van der Waals surface area contributed by atoms with Gasteiger partial charge in [0.05, 0.1) is 30.9 Å². The second kappa shape index (κ2) is 7.75. The fourth-order valence-electron chi connectivity index (χ4n) is 3.34. The molecule has 0 saturated heterocycles. The van der Waals surface area contributed by atoms with Crippen molar-refractivity contribution < 1.29 is 9.15 Å². The summed E-state index contributed by atoms with van der Waals surface area (Å²) in [6.45, 7) is 0. The summed E-state index contributed by atoms with van der Waals surface area (Å²) in [4.78, 5) is 16.8. The Balaban J connectivity index is 1.61. The monoisotopic (exact) mass is 411 g/mol. The molecule has 0 N–H and O–H groups in total. The van der Waals surface area contributed by atoms with Crippen molar-refractivity contribution in [3.8, 4) is 40.0 Å². The molecule has 0 aliphatic rings. The molecule has 0 aliphatic heterocycles. The normalized spacial score (nSPS) is 10.9. The SMILES string of the molecule is COc1cc(-c2ncco2)ccc1-n1ccc(=O)c(-c2ccnn2-c2ccccc2)n1. The van der Waals surface area contributed by atoms with Crippen LogP contribution in [-0.4, -0.2) is 31.7 Å². The van der Waals surface area contributed by atoms with Crippen LogP contribution in [0.25, 0.3) is 34.2 Å². The van der Waals surface area contributed by atoms with Crippen LogP contribution < -0.4 is 10.2 Å². The molecule has 8 heteroatoms. The topological polar surface area (TPSA) is 88.0 Å². The van der Waals surface area contributed by atoms with Crippen molar-refractivity contribution in [1.29, 1.82) is 0 Å². The zero-order valence-corrected chi connectivity index (χ0v) is 16.5. The van der Waals surface area contributed by atoms with Gasteiger partial charge in [0.15, 0.2) is 5.69 Å². The van der Waals surface area contributed by atoms with E-state index < -0.39 is 0 Å². The Labute approximate surface area is 177 Å². The van der Waals surface area contributed by atoms with Crippen LogP contribution in [0.1, 0.15) is 0 Å². The molecule has 0 radical (unpaired) electrons. The molecular formula is C23H17N5O3. The Kier molecular flexibility index (Phi) is 4.64. The van der Waals surface area contributed by atoms with Crippen molar-refractivity contribution >= 4 is 0 Å². The second-order valence-electron chi connectivity index (χ2n) is 6.66. The number of hydrogen-bond donors (Lipinski definition) is 0. The lowest BCUT2D eigenvalue weighted by Crippen LogP contribution is -2.15. The van der Waals surface area contributed by atoms with E-state index in [-0.39, 0.29) is 11.1 Å². The largest absolute Gasteiger partial charge is 0.494 e. The molecule has 0 spiro atoms. The Bertz CT molecular complexity index is 1390. The van der Waals surface area contributed by atoms with Gasteiger partial charge in [-0.3, -0.25) is 4.79 Å². The molecular weight excluding hydrogens is 394 g/mol. The lowest BCUT2D eigenvalue weighted by Gasteiger charge is -2.13. The van der Waals surface area contributed by atoms with Crippen LogP contribution in [0, 0.1) is 0 Å². The third kappa shape index (κ3) is 3.40. The minimum atomic E-state index is -0.204. The van der Waals surface area contributed by atoms with E-state index in [1.165, 1.54) is 12.3 Å². The fraction of sp³-hybridized carbons (Fsp3) is 0.0435. The highest BCUT2D eigenvalue weighted by Crippen LogP contribution is 2.29. The second-order valence-corrected chi connectivity index (χ2v) is 6.66. The lowest BCUT2D eigenvalue weighted by molar-refractivity contribution is 0.411. The average Bonchev–Trinajstić information content (AvgIpc) is 3.52. The van der Waals surface area contributed by atoms with Gasteiger partial charge in [0.25, 0.3) is 0 Å². The maximum absolute atomic E-state index is 12.7. The highest BCUT2D eigenvalue weighted by Gasteiger charge is 2.16. The van der Waals surface area contributed by atoms with Gasteiger partial charge in [0, 0.05) is 17.8 Å². The number of hydrogen-bond acceptors (Lipinski definition) is 6. The Morgan fingerprint density at radius 3 is 2.65 bits per heavy atom. The van der Waals surface area contributed by atoms with E-state index in [1.807, 2.05) is 48.5 Å². The van der Waals surface area contributed by atoms with Crippen LogP contribution in [-0.2, 0) is 0 Å². The first kappa shape index (κ1) is 18.6. The van der Waals surface area contributed by atoms with E-state index >= 15 is 0 Å². The van der Waals surface area contributed by atoms with Gasteiger partial charge in [0.1, 0.15) is 17.7 Å². The van der Waals surface area contributed by atoms with Gasteiger partial charge in [-0.15, -0.1) is 0 Å². The first-order valence-corrected chi connectivity index (χ1v) is 9.53. The van der Waals surface area contributed by atoms with Gasteiger partial charge in [-0.1, -0.05) is 18.2 Å². The number of rotatable bonds is 5. The van der Waals surface area contributed by atoms with Gasteiger partial charge in [-0.2, -0.15) is 10.2 Å². The predicted octanol–water partition coefficient (Wildman–Crippen LogP) is 3.75. The molecule has 0 bridgehead atoms. The molecule has 0 aliphatic carbocycles. The van der Waals surface area contributed by atoms with E-state index in [2.05, 4.69) is 15.2 Å². The van der Waals surface area contributed by atoms with Gasteiger partial charge in [-0.25, -0.2) is 14.3 Å². The van der Waals surface area contributed by atoms with Crippen LogP contribution >= 0.6 is 0 Å². The average molecular weight is 411 g/mol. The Morgan fingerprint density at radius 2 is 1.87 bits per heavy atom. The van der Waals surface area contributed by atoms with Crippen molar-refractivity contribution in [2.75, 3.05) is 7.11 Å². The van der Waals surface area contributed by atoms with Gasteiger partial charge < -0.3 is 9.15 Å². The molecule has 0 amide bonds. The molecule has 8 nitrogen and oxygen atoms in total. The van der Waals surface area contributed by atoms with Crippen LogP contribution in [0.2, 0.25) is 0 Å². The fourth-order valence-corrected chi connectivity index (χ4v) is 3.34. The van der Waals surface area contributed by atoms with Gasteiger partial charge in [-0.05, 0) is 36.4 Å². The highest BCUT2D eigenvalue weighted by molar-refractivity contribution is 5.62. The van der Waals surface area contributed by atoms with E-state index in [0.717, 1.165) is 11.3 Å². The number of benzene rings is 2.